The van der Waals surface area contributed by atoms with Crippen LogP contribution in [0.25, 0.3) is 0 Å². The summed E-state index contributed by atoms with van der Waals surface area (Å²) in [4.78, 5) is 0. The zero-order valence-electron chi connectivity index (χ0n) is 14.8. The van der Waals surface area contributed by atoms with E-state index in [0.29, 0.717) is 5.41 Å². The summed E-state index contributed by atoms with van der Waals surface area (Å²) in [6.45, 7) is 7.14. The molecule has 0 saturated heterocycles. The molecule has 0 spiro atoms. The van der Waals surface area contributed by atoms with Crippen LogP contribution in [-0.4, -0.2) is 13.1 Å². The van der Waals surface area contributed by atoms with E-state index in [4.69, 9.17) is 0 Å². The van der Waals surface area contributed by atoms with E-state index in [1.807, 2.05) is 0 Å². The van der Waals surface area contributed by atoms with Gasteiger partial charge in [0, 0.05) is 6.54 Å². The molecule has 2 saturated carbocycles. The maximum absolute atomic E-state index is 3.78. The largest absolute Gasteiger partial charge is 0.316 e. The molecule has 2 fully saturated rings. The van der Waals surface area contributed by atoms with Crippen LogP contribution in [0.4, 0.5) is 0 Å². The molecule has 1 nitrogen and oxygen atoms in total. The third kappa shape index (κ3) is 5.58. The molecule has 0 unspecified atom stereocenters. The zero-order valence-corrected chi connectivity index (χ0v) is 14.8. The number of hydrogen-bond donors (Lipinski definition) is 1. The normalized spacial score (nSPS) is 30.9. The van der Waals surface area contributed by atoms with Crippen LogP contribution in [0, 0.1) is 17.3 Å². The van der Waals surface area contributed by atoms with E-state index in [1.54, 1.807) is 0 Å². The minimum atomic E-state index is 0.660. The van der Waals surface area contributed by atoms with E-state index in [-0.39, 0.29) is 0 Å². The van der Waals surface area contributed by atoms with Gasteiger partial charge in [0.05, 0.1) is 0 Å². The van der Waals surface area contributed by atoms with Crippen molar-refractivity contribution in [2.75, 3.05) is 13.1 Å². The molecule has 0 heterocycles. The monoisotopic (exact) mass is 293 g/mol. The van der Waals surface area contributed by atoms with Crippen LogP contribution in [0.1, 0.15) is 97.3 Å². The molecule has 2 aliphatic carbocycles. The lowest BCUT2D eigenvalue weighted by atomic mass is 9.65. The van der Waals surface area contributed by atoms with Gasteiger partial charge in [0.2, 0.25) is 0 Å². The number of unbranched alkanes of at least 4 members (excludes halogenated alkanes) is 1. The molecule has 1 N–H and O–H groups in total. The van der Waals surface area contributed by atoms with E-state index in [2.05, 4.69) is 19.2 Å². The maximum atomic E-state index is 3.78. The van der Waals surface area contributed by atoms with E-state index < -0.39 is 0 Å². The van der Waals surface area contributed by atoms with Gasteiger partial charge in [-0.05, 0) is 62.3 Å². The number of nitrogens with one attached hydrogen (secondary N) is 1. The summed E-state index contributed by atoms with van der Waals surface area (Å²) in [6, 6.07) is 0. The number of hydrogen-bond acceptors (Lipinski definition) is 1. The number of rotatable bonds is 9. The standard InChI is InChI=1S/C20H39N/c1-3-5-8-18-11-13-20(14-12-18,17-21-15-4-2)16-19-9-6-7-10-19/h18-19,21H,3-17H2,1-2H3. The molecule has 0 aromatic rings. The second kappa shape index (κ2) is 9.18. The van der Waals surface area contributed by atoms with E-state index in [9.17, 15) is 0 Å². The van der Waals surface area contributed by atoms with Gasteiger partial charge < -0.3 is 5.32 Å². The summed E-state index contributed by atoms with van der Waals surface area (Å²) in [7, 11) is 0. The van der Waals surface area contributed by atoms with Crippen molar-refractivity contribution >= 4 is 0 Å². The zero-order chi connectivity index (χ0) is 15.0. The van der Waals surface area contributed by atoms with Crippen LogP contribution in [0.5, 0.6) is 0 Å². The lowest BCUT2D eigenvalue weighted by Crippen LogP contribution is -2.39. The van der Waals surface area contributed by atoms with Gasteiger partial charge in [0.15, 0.2) is 0 Å². The summed E-state index contributed by atoms with van der Waals surface area (Å²) in [5.41, 5.74) is 0.660. The Kier molecular flexibility index (Phi) is 7.57. The van der Waals surface area contributed by atoms with Gasteiger partial charge in [0.25, 0.3) is 0 Å². The van der Waals surface area contributed by atoms with Crippen LogP contribution in [0.3, 0.4) is 0 Å². The SMILES string of the molecule is CCCCC1CCC(CNCCC)(CC2CCCC2)CC1. The first-order valence-electron chi connectivity index (χ1n) is 9.99. The molecule has 0 bridgehead atoms. The third-order valence-corrected chi connectivity index (χ3v) is 6.25. The lowest BCUT2D eigenvalue weighted by Gasteiger charge is -2.42. The maximum Gasteiger partial charge on any atom is 0.000791 e. The van der Waals surface area contributed by atoms with E-state index in [1.165, 1.54) is 96.6 Å². The molecule has 0 atom stereocenters. The summed E-state index contributed by atoms with van der Waals surface area (Å²) in [5.74, 6) is 2.11. The predicted octanol–water partition coefficient (Wildman–Crippen LogP) is 5.93. The fourth-order valence-electron chi connectivity index (χ4n) is 4.88. The van der Waals surface area contributed by atoms with Gasteiger partial charge in [0.1, 0.15) is 0 Å². The fourth-order valence-corrected chi connectivity index (χ4v) is 4.88. The van der Waals surface area contributed by atoms with Gasteiger partial charge in [-0.25, -0.2) is 0 Å². The van der Waals surface area contributed by atoms with Crippen molar-refractivity contribution < 1.29 is 0 Å². The first-order valence-corrected chi connectivity index (χ1v) is 9.99. The Bertz CT molecular complexity index is 259. The average molecular weight is 294 g/mol. The summed E-state index contributed by atoms with van der Waals surface area (Å²) < 4.78 is 0. The van der Waals surface area contributed by atoms with Crippen molar-refractivity contribution in [1.29, 1.82) is 0 Å². The molecule has 0 aromatic carbocycles. The van der Waals surface area contributed by atoms with Crippen LogP contribution in [-0.2, 0) is 0 Å². The highest BCUT2D eigenvalue weighted by Crippen LogP contribution is 2.47. The van der Waals surface area contributed by atoms with Crippen molar-refractivity contribution in [1.82, 2.24) is 5.32 Å². The molecule has 21 heavy (non-hydrogen) atoms. The van der Waals surface area contributed by atoms with Crippen LogP contribution < -0.4 is 5.32 Å². The van der Waals surface area contributed by atoms with Crippen LogP contribution in [0.15, 0.2) is 0 Å². The predicted molar refractivity (Wildman–Crippen MR) is 93.7 cm³/mol. The summed E-state index contributed by atoms with van der Waals surface area (Å²) >= 11 is 0. The molecule has 0 aliphatic heterocycles. The fraction of sp³-hybridized carbons (Fsp3) is 1.00. The minimum absolute atomic E-state index is 0.660. The third-order valence-electron chi connectivity index (χ3n) is 6.25. The molecule has 124 valence electrons. The smallest absolute Gasteiger partial charge is 0.000791 e. The molecule has 2 aliphatic rings. The lowest BCUT2D eigenvalue weighted by molar-refractivity contribution is 0.106. The van der Waals surface area contributed by atoms with Gasteiger partial charge in [-0.3, -0.25) is 0 Å². The highest BCUT2D eigenvalue weighted by atomic mass is 14.9. The second-order valence-electron chi connectivity index (χ2n) is 8.12. The molecular formula is C20H39N. The Morgan fingerprint density at radius 2 is 1.62 bits per heavy atom. The Balaban J connectivity index is 1.84. The average Bonchev–Trinajstić information content (AvgIpc) is 3.00. The molecular weight excluding hydrogens is 254 g/mol. The van der Waals surface area contributed by atoms with Gasteiger partial charge in [-0.2, -0.15) is 0 Å². The Hall–Kier alpha value is -0.0400. The van der Waals surface area contributed by atoms with Crippen LogP contribution in [0.2, 0.25) is 0 Å². The quantitative estimate of drug-likeness (QED) is 0.519. The molecule has 0 aromatic heterocycles. The van der Waals surface area contributed by atoms with Crippen molar-refractivity contribution in [2.24, 2.45) is 17.3 Å². The highest BCUT2D eigenvalue weighted by molar-refractivity contribution is 4.90. The summed E-state index contributed by atoms with van der Waals surface area (Å²) in [5, 5.41) is 3.78. The molecule has 1 heteroatoms. The molecule has 0 amide bonds. The van der Waals surface area contributed by atoms with Crippen LogP contribution >= 0.6 is 0 Å². The Labute approximate surface area is 133 Å². The molecule has 0 radical (unpaired) electrons. The minimum Gasteiger partial charge on any atom is -0.316 e. The van der Waals surface area contributed by atoms with Gasteiger partial charge >= 0.3 is 0 Å². The topological polar surface area (TPSA) is 12.0 Å². The summed E-state index contributed by atoms with van der Waals surface area (Å²) in [6.07, 6.45) is 19.2. The van der Waals surface area contributed by atoms with Crippen molar-refractivity contribution in [2.45, 2.75) is 97.3 Å². The molecule has 2 rings (SSSR count). The first kappa shape index (κ1) is 17.3. The van der Waals surface area contributed by atoms with Gasteiger partial charge in [-0.1, -0.05) is 58.8 Å². The Morgan fingerprint density at radius 3 is 2.24 bits per heavy atom. The van der Waals surface area contributed by atoms with Crippen molar-refractivity contribution in [3.8, 4) is 0 Å². The van der Waals surface area contributed by atoms with Crippen molar-refractivity contribution in [3.05, 3.63) is 0 Å². The first-order chi connectivity index (χ1) is 10.3. The highest BCUT2D eigenvalue weighted by Gasteiger charge is 2.37. The van der Waals surface area contributed by atoms with Gasteiger partial charge in [-0.15, -0.1) is 0 Å². The van der Waals surface area contributed by atoms with Crippen molar-refractivity contribution in [3.63, 3.8) is 0 Å². The van der Waals surface area contributed by atoms with E-state index in [0.717, 1.165) is 11.8 Å². The van der Waals surface area contributed by atoms with E-state index >= 15 is 0 Å². The Morgan fingerprint density at radius 1 is 0.905 bits per heavy atom. The second-order valence-corrected chi connectivity index (χ2v) is 8.12.